The highest BCUT2D eigenvalue weighted by atomic mass is 32.2. The van der Waals surface area contributed by atoms with Gasteiger partial charge in [-0.2, -0.15) is 11.8 Å². The van der Waals surface area contributed by atoms with E-state index in [1.54, 1.807) is 4.90 Å². The van der Waals surface area contributed by atoms with Crippen molar-refractivity contribution in [3.05, 3.63) is 0 Å². The molecule has 1 aliphatic heterocycles. The standard InChI is InChI=1S/C17H32N4OS/c1-16(2)13-21(10-11-23-16)15(18-3)19-12-17(8-6-7-9-17)14(22)20(4)5/h6-13H2,1-5H3,(H,18,19). The van der Waals surface area contributed by atoms with Crippen molar-refractivity contribution in [1.29, 1.82) is 0 Å². The third kappa shape index (κ3) is 4.34. The van der Waals surface area contributed by atoms with Gasteiger partial charge in [-0.3, -0.25) is 9.79 Å². The topological polar surface area (TPSA) is 47.9 Å². The van der Waals surface area contributed by atoms with Gasteiger partial charge >= 0.3 is 0 Å². The van der Waals surface area contributed by atoms with Crippen LogP contribution in [0.1, 0.15) is 39.5 Å². The molecule has 0 radical (unpaired) electrons. The zero-order valence-electron chi connectivity index (χ0n) is 15.3. The number of guanidine groups is 1. The van der Waals surface area contributed by atoms with Gasteiger partial charge in [-0.1, -0.05) is 12.8 Å². The molecule has 1 saturated carbocycles. The largest absolute Gasteiger partial charge is 0.355 e. The molecule has 23 heavy (non-hydrogen) atoms. The summed E-state index contributed by atoms with van der Waals surface area (Å²) in [6.07, 6.45) is 4.26. The van der Waals surface area contributed by atoms with E-state index >= 15 is 0 Å². The second kappa shape index (κ2) is 7.32. The highest BCUT2D eigenvalue weighted by molar-refractivity contribution is 8.00. The molecule has 0 unspecified atom stereocenters. The number of carbonyl (C=O) groups excluding carboxylic acids is 1. The van der Waals surface area contributed by atoms with Crippen molar-refractivity contribution in [3.63, 3.8) is 0 Å². The Morgan fingerprint density at radius 1 is 1.30 bits per heavy atom. The van der Waals surface area contributed by atoms with Crippen LogP contribution in [0.5, 0.6) is 0 Å². The lowest BCUT2D eigenvalue weighted by Crippen LogP contribution is -2.54. The number of nitrogens with one attached hydrogen (secondary N) is 1. The summed E-state index contributed by atoms with van der Waals surface area (Å²) in [5, 5.41) is 3.51. The monoisotopic (exact) mass is 340 g/mol. The molecule has 0 aromatic carbocycles. The molecule has 5 nitrogen and oxygen atoms in total. The first kappa shape index (κ1) is 18.4. The lowest BCUT2D eigenvalue weighted by molar-refractivity contribution is -0.138. The van der Waals surface area contributed by atoms with Gasteiger partial charge in [-0.25, -0.2) is 0 Å². The van der Waals surface area contributed by atoms with Crippen molar-refractivity contribution in [2.24, 2.45) is 10.4 Å². The summed E-state index contributed by atoms with van der Waals surface area (Å²) in [5.74, 6) is 2.32. The van der Waals surface area contributed by atoms with Crippen molar-refractivity contribution in [1.82, 2.24) is 15.1 Å². The lowest BCUT2D eigenvalue weighted by Gasteiger charge is -2.40. The fraction of sp³-hybridized carbons (Fsp3) is 0.882. The van der Waals surface area contributed by atoms with Crippen LogP contribution >= 0.6 is 11.8 Å². The minimum atomic E-state index is -0.251. The number of carbonyl (C=O) groups is 1. The highest BCUT2D eigenvalue weighted by Crippen LogP contribution is 2.39. The number of nitrogens with zero attached hydrogens (tertiary/aromatic N) is 3. The molecule has 0 bridgehead atoms. The van der Waals surface area contributed by atoms with Gasteiger partial charge in [0.2, 0.25) is 5.91 Å². The first-order valence-corrected chi connectivity index (χ1v) is 9.60. The summed E-state index contributed by atoms with van der Waals surface area (Å²) < 4.78 is 0.250. The van der Waals surface area contributed by atoms with E-state index in [-0.39, 0.29) is 16.1 Å². The van der Waals surface area contributed by atoms with Gasteiger partial charge in [-0.15, -0.1) is 0 Å². The van der Waals surface area contributed by atoms with Gasteiger partial charge in [0.05, 0.1) is 5.41 Å². The molecule has 1 aliphatic carbocycles. The van der Waals surface area contributed by atoms with E-state index in [1.807, 2.05) is 32.9 Å². The number of aliphatic imine (C=N–C) groups is 1. The quantitative estimate of drug-likeness (QED) is 0.631. The predicted octanol–water partition coefficient (Wildman–Crippen LogP) is 2.04. The van der Waals surface area contributed by atoms with Crippen molar-refractivity contribution in [2.45, 2.75) is 44.3 Å². The second-order valence-electron chi connectivity index (χ2n) is 7.62. The van der Waals surface area contributed by atoms with Gasteiger partial charge in [0, 0.05) is 51.3 Å². The number of rotatable bonds is 3. The third-order valence-electron chi connectivity index (χ3n) is 4.94. The lowest BCUT2D eigenvalue weighted by atomic mass is 9.84. The molecule has 1 saturated heterocycles. The molecule has 0 spiro atoms. The smallest absolute Gasteiger partial charge is 0.230 e. The third-order valence-corrected chi connectivity index (χ3v) is 6.24. The number of amides is 1. The molecule has 1 amide bonds. The van der Waals surface area contributed by atoms with Crippen molar-refractivity contribution in [2.75, 3.05) is 46.5 Å². The van der Waals surface area contributed by atoms with E-state index in [9.17, 15) is 4.79 Å². The molecule has 2 fully saturated rings. The van der Waals surface area contributed by atoms with Crippen LogP contribution in [0.4, 0.5) is 0 Å². The molecular formula is C17H32N4OS. The number of hydrogen-bond acceptors (Lipinski definition) is 3. The highest BCUT2D eigenvalue weighted by Gasteiger charge is 2.42. The summed E-state index contributed by atoms with van der Waals surface area (Å²) in [6, 6.07) is 0. The van der Waals surface area contributed by atoms with Crippen LogP contribution in [0.2, 0.25) is 0 Å². The van der Waals surface area contributed by atoms with E-state index in [0.717, 1.165) is 50.5 Å². The Bertz CT molecular complexity index is 456. The Balaban J connectivity index is 2.03. The Kier molecular flexibility index (Phi) is 5.87. The van der Waals surface area contributed by atoms with Gasteiger partial charge in [0.1, 0.15) is 0 Å². The molecular weight excluding hydrogens is 308 g/mol. The summed E-state index contributed by atoms with van der Waals surface area (Å²) in [6.45, 7) is 7.27. The zero-order chi connectivity index (χ0) is 17.1. The van der Waals surface area contributed by atoms with Crippen LogP contribution in [0.25, 0.3) is 0 Å². The zero-order valence-corrected chi connectivity index (χ0v) is 16.1. The normalized spacial score (nSPS) is 23.7. The van der Waals surface area contributed by atoms with Gasteiger partial charge in [-0.05, 0) is 26.7 Å². The van der Waals surface area contributed by atoms with Gasteiger partial charge in [0.25, 0.3) is 0 Å². The van der Waals surface area contributed by atoms with Crippen LogP contribution in [-0.4, -0.2) is 72.9 Å². The minimum absolute atomic E-state index is 0.250. The number of thioether (sulfide) groups is 1. The van der Waals surface area contributed by atoms with Crippen molar-refractivity contribution >= 4 is 23.6 Å². The first-order chi connectivity index (χ1) is 10.8. The summed E-state index contributed by atoms with van der Waals surface area (Å²) in [7, 11) is 5.56. The molecule has 1 N–H and O–H groups in total. The van der Waals surface area contributed by atoms with E-state index in [2.05, 4.69) is 29.1 Å². The van der Waals surface area contributed by atoms with Crippen LogP contribution < -0.4 is 5.32 Å². The SMILES string of the molecule is CN=C(NCC1(C(=O)N(C)C)CCCC1)N1CCSC(C)(C)C1. The Labute approximate surface area is 145 Å². The average molecular weight is 341 g/mol. The van der Waals surface area contributed by atoms with Crippen molar-refractivity contribution < 1.29 is 4.79 Å². The van der Waals surface area contributed by atoms with Crippen LogP contribution in [0.3, 0.4) is 0 Å². The minimum Gasteiger partial charge on any atom is -0.355 e. The second-order valence-corrected chi connectivity index (χ2v) is 9.42. The van der Waals surface area contributed by atoms with E-state index in [4.69, 9.17) is 0 Å². The molecule has 132 valence electrons. The van der Waals surface area contributed by atoms with E-state index in [0.29, 0.717) is 6.54 Å². The molecule has 0 atom stereocenters. The summed E-state index contributed by atoms with van der Waals surface area (Å²) >= 11 is 2.02. The maximum absolute atomic E-state index is 12.7. The summed E-state index contributed by atoms with van der Waals surface area (Å²) in [4.78, 5) is 21.2. The maximum atomic E-state index is 12.7. The fourth-order valence-corrected chi connectivity index (χ4v) is 4.88. The van der Waals surface area contributed by atoms with Crippen LogP contribution in [0.15, 0.2) is 4.99 Å². The Morgan fingerprint density at radius 2 is 1.96 bits per heavy atom. The average Bonchev–Trinajstić information content (AvgIpc) is 2.96. The molecule has 0 aromatic rings. The Hall–Kier alpha value is -0.910. The molecule has 0 aromatic heterocycles. The van der Waals surface area contributed by atoms with Gasteiger partial charge in [0.15, 0.2) is 5.96 Å². The first-order valence-electron chi connectivity index (χ1n) is 8.61. The Morgan fingerprint density at radius 3 is 2.48 bits per heavy atom. The van der Waals surface area contributed by atoms with Gasteiger partial charge < -0.3 is 15.1 Å². The summed E-state index contributed by atoms with van der Waals surface area (Å²) in [5.41, 5.74) is -0.251. The van der Waals surface area contributed by atoms with E-state index in [1.165, 1.54) is 0 Å². The van der Waals surface area contributed by atoms with Crippen LogP contribution in [-0.2, 0) is 4.79 Å². The van der Waals surface area contributed by atoms with Crippen LogP contribution in [0, 0.1) is 5.41 Å². The number of hydrogen-bond donors (Lipinski definition) is 1. The van der Waals surface area contributed by atoms with Crippen molar-refractivity contribution in [3.8, 4) is 0 Å². The van der Waals surface area contributed by atoms with E-state index < -0.39 is 0 Å². The maximum Gasteiger partial charge on any atom is 0.230 e. The predicted molar refractivity (Wildman–Crippen MR) is 99.1 cm³/mol. The molecule has 2 aliphatic rings. The molecule has 1 heterocycles. The fourth-order valence-electron chi connectivity index (χ4n) is 3.77. The molecule has 6 heteroatoms. The molecule has 2 rings (SSSR count).